The van der Waals surface area contributed by atoms with Crippen molar-refractivity contribution in [1.82, 2.24) is 19.5 Å². The SMILES string of the molecule is COc1ccc(-n2nc(Cl)cc2-c2ccc(OCCNS(C)(=O)=O)cc2)cn1. The van der Waals surface area contributed by atoms with E-state index in [1.54, 1.807) is 42.3 Å². The molecule has 3 aromatic rings. The zero-order valence-electron chi connectivity index (χ0n) is 15.3. The first kappa shape index (κ1) is 20.1. The molecule has 0 unspecified atom stereocenters. The highest BCUT2D eigenvalue weighted by Crippen LogP contribution is 2.27. The molecule has 0 atom stereocenters. The molecule has 0 fully saturated rings. The van der Waals surface area contributed by atoms with Crippen molar-refractivity contribution in [2.45, 2.75) is 0 Å². The lowest BCUT2D eigenvalue weighted by Crippen LogP contribution is -2.26. The van der Waals surface area contributed by atoms with Crippen molar-refractivity contribution in [2.75, 3.05) is 26.5 Å². The summed E-state index contributed by atoms with van der Waals surface area (Å²) in [4.78, 5) is 4.20. The number of pyridine rings is 1. The molecule has 10 heteroatoms. The molecule has 0 saturated heterocycles. The van der Waals surface area contributed by atoms with Crippen molar-refractivity contribution in [3.63, 3.8) is 0 Å². The first-order chi connectivity index (χ1) is 13.4. The number of halogens is 1. The van der Waals surface area contributed by atoms with Gasteiger partial charge in [0.15, 0.2) is 5.15 Å². The molecule has 2 aromatic heterocycles. The van der Waals surface area contributed by atoms with Crippen LogP contribution in [0, 0.1) is 0 Å². The van der Waals surface area contributed by atoms with Gasteiger partial charge in [0.2, 0.25) is 15.9 Å². The predicted molar refractivity (Wildman–Crippen MR) is 107 cm³/mol. The van der Waals surface area contributed by atoms with Gasteiger partial charge < -0.3 is 9.47 Å². The van der Waals surface area contributed by atoms with Gasteiger partial charge in [-0.1, -0.05) is 11.6 Å². The van der Waals surface area contributed by atoms with E-state index in [2.05, 4.69) is 14.8 Å². The number of sulfonamides is 1. The first-order valence-electron chi connectivity index (χ1n) is 8.29. The Balaban J connectivity index is 1.75. The average Bonchev–Trinajstić information content (AvgIpc) is 3.07. The maximum atomic E-state index is 11.0. The summed E-state index contributed by atoms with van der Waals surface area (Å²) in [6.45, 7) is 0.432. The van der Waals surface area contributed by atoms with Gasteiger partial charge in [0, 0.05) is 24.2 Å². The third kappa shape index (κ3) is 5.22. The highest BCUT2D eigenvalue weighted by atomic mass is 35.5. The summed E-state index contributed by atoms with van der Waals surface area (Å²) in [6.07, 6.45) is 2.76. The summed E-state index contributed by atoms with van der Waals surface area (Å²) in [5.74, 6) is 1.14. The Hall–Kier alpha value is -2.62. The van der Waals surface area contributed by atoms with Crippen LogP contribution in [0.5, 0.6) is 11.6 Å². The van der Waals surface area contributed by atoms with Gasteiger partial charge in [-0.15, -0.1) is 0 Å². The Morgan fingerprint density at radius 1 is 1.18 bits per heavy atom. The smallest absolute Gasteiger partial charge is 0.213 e. The number of rotatable bonds is 8. The van der Waals surface area contributed by atoms with E-state index in [1.165, 1.54) is 0 Å². The molecule has 2 heterocycles. The number of nitrogens with zero attached hydrogens (tertiary/aromatic N) is 3. The fourth-order valence-electron chi connectivity index (χ4n) is 2.49. The Bertz CT molecular complexity index is 1030. The Morgan fingerprint density at radius 2 is 1.93 bits per heavy atom. The normalized spacial score (nSPS) is 11.4. The van der Waals surface area contributed by atoms with E-state index >= 15 is 0 Å². The molecule has 0 aliphatic rings. The number of benzene rings is 1. The fraction of sp³-hybridized carbons (Fsp3) is 0.222. The van der Waals surface area contributed by atoms with Gasteiger partial charge in [0.05, 0.1) is 30.9 Å². The summed E-state index contributed by atoms with van der Waals surface area (Å²) in [7, 11) is -1.67. The van der Waals surface area contributed by atoms with E-state index in [9.17, 15) is 8.42 Å². The molecule has 0 amide bonds. The van der Waals surface area contributed by atoms with Gasteiger partial charge >= 0.3 is 0 Å². The van der Waals surface area contributed by atoms with Crippen LogP contribution >= 0.6 is 11.6 Å². The maximum absolute atomic E-state index is 11.0. The minimum absolute atomic E-state index is 0.202. The third-order valence-electron chi connectivity index (χ3n) is 3.74. The Morgan fingerprint density at radius 3 is 2.54 bits per heavy atom. The van der Waals surface area contributed by atoms with Gasteiger partial charge in [0.25, 0.3) is 0 Å². The van der Waals surface area contributed by atoms with E-state index in [0.717, 1.165) is 23.2 Å². The van der Waals surface area contributed by atoms with Crippen LogP contribution in [-0.2, 0) is 10.0 Å². The summed E-state index contributed by atoms with van der Waals surface area (Å²) >= 11 is 6.12. The molecule has 3 rings (SSSR count). The van der Waals surface area contributed by atoms with Crippen molar-refractivity contribution < 1.29 is 17.9 Å². The lowest BCUT2D eigenvalue weighted by Gasteiger charge is -2.10. The molecular formula is C18H19ClN4O4S. The second-order valence-corrected chi connectivity index (χ2v) is 8.08. The molecule has 0 saturated carbocycles. The molecule has 8 nitrogen and oxygen atoms in total. The van der Waals surface area contributed by atoms with Gasteiger partial charge in [0.1, 0.15) is 12.4 Å². The summed E-state index contributed by atoms with van der Waals surface area (Å²) in [5.41, 5.74) is 2.42. The van der Waals surface area contributed by atoms with Crippen LogP contribution in [0.15, 0.2) is 48.7 Å². The summed E-state index contributed by atoms with van der Waals surface area (Å²) in [6, 6.07) is 12.7. The van der Waals surface area contributed by atoms with Crippen LogP contribution in [0.4, 0.5) is 0 Å². The minimum atomic E-state index is -3.22. The largest absolute Gasteiger partial charge is 0.492 e. The van der Waals surface area contributed by atoms with Crippen LogP contribution < -0.4 is 14.2 Å². The topological polar surface area (TPSA) is 95.3 Å². The van der Waals surface area contributed by atoms with E-state index in [4.69, 9.17) is 21.1 Å². The van der Waals surface area contributed by atoms with Gasteiger partial charge in [-0.05, 0) is 30.3 Å². The van der Waals surface area contributed by atoms with Crippen molar-refractivity contribution in [3.8, 4) is 28.6 Å². The number of hydrogen-bond donors (Lipinski definition) is 1. The second kappa shape index (κ2) is 8.59. The highest BCUT2D eigenvalue weighted by molar-refractivity contribution is 7.88. The van der Waals surface area contributed by atoms with E-state index < -0.39 is 10.0 Å². The molecule has 1 N–H and O–H groups in total. The zero-order chi connectivity index (χ0) is 20.1. The second-order valence-electron chi connectivity index (χ2n) is 5.86. The van der Waals surface area contributed by atoms with E-state index in [-0.39, 0.29) is 13.2 Å². The molecule has 0 aliphatic carbocycles. The van der Waals surface area contributed by atoms with E-state index in [1.807, 2.05) is 18.2 Å². The molecule has 0 aliphatic heterocycles. The predicted octanol–water partition coefficient (Wildman–Crippen LogP) is 2.52. The number of methoxy groups -OCH3 is 1. The highest BCUT2D eigenvalue weighted by Gasteiger charge is 2.12. The molecule has 0 bridgehead atoms. The molecule has 0 radical (unpaired) electrons. The Labute approximate surface area is 168 Å². The van der Waals surface area contributed by atoms with Crippen LogP contribution in [0.25, 0.3) is 16.9 Å². The number of hydrogen-bond acceptors (Lipinski definition) is 6. The van der Waals surface area contributed by atoms with Crippen molar-refractivity contribution >= 4 is 21.6 Å². The maximum Gasteiger partial charge on any atom is 0.213 e. The molecule has 0 spiro atoms. The van der Waals surface area contributed by atoms with Crippen molar-refractivity contribution in [2.24, 2.45) is 0 Å². The van der Waals surface area contributed by atoms with Crippen LogP contribution in [0.3, 0.4) is 0 Å². The number of ether oxygens (including phenoxy) is 2. The van der Waals surface area contributed by atoms with Crippen LogP contribution in [0.2, 0.25) is 5.15 Å². The van der Waals surface area contributed by atoms with Crippen LogP contribution in [-0.4, -0.2) is 49.7 Å². The lowest BCUT2D eigenvalue weighted by molar-refractivity contribution is 0.323. The first-order valence-corrected chi connectivity index (χ1v) is 10.6. The number of nitrogens with one attached hydrogen (secondary N) is 1. The van der Waals surface area contributed by atoms with Gasteiger partial charge in [-0.2, -0.15) is 5.10 Å². The zero-order valence-corrected chi connectivity index (χ0v) is 16.9. The average molecular weight is 423 g/mol. The Kier molecular flexibility index (Phi) is 6.18. The number of aromatic nitrogens is 3. The standard InChI is InChI=1S/C18H19ClN4O4S/c1-26-18-8-5-14(12-20-18)23-16(11-17(19)22-23)13-3-6-15(7-4-13)27-10-9-21-28(2,24)25/h3-8,11-12,21H,9-10H2,1-2H3. The third-order valence-corrected chi connectivity index (χ3v) is 4.65. The minimum Gasteiger partial charge on any atom is -0.492 e. The fourth-order valence-corrected chi connectivity index (χ4v) is 3.12. The van der Waals surface area contributed by atoms with Crippen molar-refractivity contribution in [1.29, 1.82) is 0 Å². The van der Waals surface area contributed by atoms with Gasteiger partial charge in [-0.25, -0.2) is 22.8 Å². The molecular weight excluding hydrogens is 404 g/mol. The molecule has 28 heavy (non-hydrogen) atoms. The van der Waals surface area contributed by atoms with E-state index in [0.29, 0.717) is 16.8 Å². The summed E-state index contributed by atoms with van der Waals surface area (Å²) < 4.78 is 36.8. The summed E-state index contributed by atoms with van der Waals surface area (Å²) in [5, 5.41) is 4.68. The quantitative estimate of drug-likeness (QED) is 0.560. The van der Waals surface area contributed by atoms with Gasteiger partial charge in [-0.3, -0.25) is 0 Å². The van der Waals surface area contributed by atoms with Crippen LogP contribution in [0.1, 0.15) is 0 Å². The molecule has 1 aromatic carbocycles. The molecule has 148 valence electrons. The monoisotopic (exact) mass is 422 g/mol. The van der Waals surface area contributed by atoms with Crippen molar-refractivity contribution in [3.05, 3.63) is 53.8 Å². The lowest BCUT2D eigenvalue weighted by atomic mass is 10.1.